The lowest BCUT2D eigenvalue weighted by Gasteiger charge is -2.38. The molecule has 1 aromatic heterocycles. The number of nitriles is 1. The van der Waals surface area contributed by atoms with E-state index in [0.717, 1.165) is 23.1 Å². The first-order valence-corrected chi connectivity index (χ1v) is 11.6. The van der Waals surface area contributed by atoms with Crippen molar-refractivity contribution in [2.24, 2.45) is 0 Å². The summed E-state index contributed by atoms with van der Waals surface area (Å²) in [6.07, 6.45) is -2.65. The molecule has 2 aromatic carbocycles. The molecule has 0 radical (unpaired) electrons. The Morgan fingerprint density at radius 1 is 1.14 bits per heavy atom. The molecular formula is C26H26F3N5O2. The summed E-state index contributed by atoms with van der Waals surface area (Å²) in [6, 6.07) is 14.6. The highest BCUT2D eigenvalue weighted by atomic mass is 19.4. The Labute approximate surface area is 207 Å². The Morgan fingerprint density at radius 3 is 2.44 bits per heavy atom. The van der Waals surface area contributed by atoms with Crippen LogP contribution in [0.3, 0.4) is 0 Å². The number of rotatable bonds is 6. The highest BCUT2D eigenvalue weighted by Gasteiger charge is 2.34. The average Bonchev–Trinajstić information content (AvgIpc) is 3.31. The van der Waals surface area contributed by atoms with Crippen LogP contribution in [-0.2, 0) is 23.9 Å². The van der Waals surface area contributed by atoms with Gasteiger partial charge < -0.3 is 14.6 Å². The SMILES string of the molecule is Cc1ncc(C(Cc2ccc(C#N)cc2)N2CCN(C(=O)OCc3ccccc3C(F)(F)F)CC2)[nH]1. The van der Waals surface area contributed by atoms with Crippen molar-refractivity contribution in [1.82, 2.24) is 19.8 Å². The van der Waals surface area contributed by atoms with Gasteiger partial charge in [0.05, 0.1) is 28.9 Å². The van der Waals surface area contributed by atoms with Gasteiger partial charge in [-0.15, -0.1) is 0 Å². The molecule has 1 unspecified atom stereocenters. The summed E-state index contributed by atoms with van der Waals surface area (Å²) in [6.45, 7) is 3.34. The number of amides is 1. The van der Waals surface area contributed by atoms with Crippen molar-refractivity contribution in [3.63, 3.8) is 0 Å². The van der Waals surface area contributed by atoms with E-state index >= 15 is 0 Å². The van der Waals surface area contributed by atoms with Gasteiger partial charge in [-0.1, -0.05) is 30.3 Å². The molecule has 188 valence electrons. The third-order valence-corrected chi connectivity index (χ3v) is 6.28. The Kier molecular flexibility index (Phi) is 7.60. The Morgan fingerprint density at radius 2 is 1.83 bits per heavy atom. The molecule has 1 saturated heterocycles. The van der Waals surface area contributed by atoms with Gasteiger partial charge in [-0.2, -0.15) is 18.4 Å². The number of aromatic amines is 1. The fraction of sp³-hybridized carbons (Fsp3) is 0.346. The Bertz CT molecular complexity index is 1230. The minimum absolute atomic E-state index is 0.0176. The van der Waals surface area contributed by atoms with E-state index in [1.54, 1.807) is 12.1 Å². The average molecular weight is 498 g/mol. The monoisotopic (exact) mass is 497 g/mol. The Hall–Kier alpha value is -3.84. The molecule has 0 aliphatic carbocycles. The fourth-order valence-corrected chi connectivity index (χ4v) is 4.35. The summed E-state index contributed by atoms with van der Waals surface area (Å²) >= 11 is 0. The number of imidazole rings is 1. The van der Waals surface area contributed by atoms with Gasteiger partial charge in [0.2, 0.25) is 0 Å². The maximum Gasteiger partial charge on any atom is 0.416 e. The number of ether oxygens (including phenoxy) is 1. The number of nitrogens with zero attached hydrogens (tertiary/aromatic N) is 4. The molecule has 1 aliphatic rings. The molecule has 1 fully saturated rings. The summed E-state index contributed by atoms with van der Waals surface area (Å²) in [5.41, 5.74) is 1.74. The lowest BCUT2D eigenvalue weighted by molar-refractivity contribution is -0.138. The molecule has 1 N–H and O–H groups in total. The molecule has 7 nitrogen and oxygen atoms in total. The number of piperazine rings is 1. The maximum atomic E-state index is 13.2. The number of halogens is 3. The van der Waals surface area contributed by atoms with E-state index in [0.29, 0.717) is 38.2 Å². The number of carbonyl (C=O) groups is 1. The highest BCUT2D eigenvalue weighted by Crippen LogP contribution is 2.32. The molecule has 1 atom stereocenters. The number of hydrogen-bond acceptors (Lipinski definition) is 5. The van der Waals surface area contributed by atoms with Crippen molar-refractivity contribution < 1.29 is 22.7 Å². The van der Waals surface area contributed by atoms with Crippen molar-refractivity contribution in [2.75, 3.05) is 26.2 Å². The van der Waals surface area contributed by atoms with Gasteiger partial charge in [0.15, 0.2) is 0 Å². The number of alkyl halides is 3. The van der Waals surface area contributed by atoms with Crippen LogP contribution in [0.1, 0.15) is 39.8 Å². The molecule has 0 bridgehead atoms. The maximum absolute atomic E-state index is 13.2. The van der Waals surface area contributed by atoms with Gasteiger partial charge in [0.25, 0.3) is 0 Å². The normalized spacial score (nSPS) is 15.4. The zero-order chi connectivity index (χ0) is 25.7. The van der Waals surface area contributed by atoms with Crippen molar-refractivity contribution in [3.8, 4) is 6.07 Å². The van der Waals surface area contributed by atoms with E-state index in [9.17, 15) is 18.0 Å². The minimum Gasteiger partial charge on any atom is -0.445 e. The van der Waals surface area contributed by atoms with E-state index in [2.05, 4.69) is 20.9 Å². The molecule has 2 heterocycles. The van der Waals surface area contributed by atoms with Gasteiger partial charge >= 0.3 is 12.3 Å². The van der Waals surface area contributed by atoms with E-state index in [1.807, 2.05) is 25.3 Å². The topological polar surface area (TPSA) is 85.2 Å². The second kappa shape index (κ2) is 10.8. The van der Waals surface area contributed by atoms with E-state index < -0.39 is 24.4 Å². The molecule has 1 aliphatic heterocycles. The van der Waals surface area contributed by atoms with Gasteiger partial charge in [-0.05, 0) is 37.1 Å². The number of aryl methyl sites for hydroxylation is 1. The predicted molar refractivity (Wildman–Crippen MR) is 126 cm³/mol. The zero-order valence-electron chi connectivity index (χ0n) is 19.8. The lowest BCUT2D eigenvalue weighted by atomic mass is 10.0. The largest absolute Gasteiger partial charge is 0.445 e. The van der Waals surface area contributed by atoms with Crippen LogP contribution in [0, 0.1) is 18.3 Å². The molecule has 1 amide bonds. The lowest BCUT2D eigenvalue weighted by Crippen LogP contribution is -2.50. The van der Waals surface area contributed by atoms with Crippen LogP contribution in [0.2, 0.25) is 0 Å². The van der Waals surface area contributed by atoms with Crippen LogP contribution < -0.4 is 0 Å². The quantitative estimate of drug-likeness (QED) is 0.527. The number of carbonyl (C=O) groups excluding carboxylic acids is 1. The second-order valence-corrected chi connectivity index (χ2v) is 8.69. The van der Waals surface area contributed by atoms with Crippen LogP contribution in [0.15, 0.2) is 54.7 Å². The number of nitrogens with one attached hydrogen (secondary N) is 1. The summed E-state index contributed by atoms with van der Waals surface area (Å²) < 4.78 is 44.8. The molecule has 4 rings (SSSR count). The van der Waals surface area contributed by atoms with Crippen LogP contribution >= 0.6 is 0 Å². The van der Waals surface area contributed by atoms with Crippen molar-refractivity contribution in [1.29, 1.82) is 5.26 Å². The van der Waals surface area contributed by atoms with Gasteiger partial charge in [-0.3, -0.25) is 4.90 Å². The fourth-order valence-electron chi connectivity index (χ4n) is 4.35. The second-order valence-electron chi connectivity index (χ2n) is 8.69. The Balaban J connectivity index is 1.38. The van der Waals surface area contributed by atoms with Gasteiger partial charge in [-0.25, -0.2) is 9.78 Å². The van der Waals surface area contributed by atoms with E-state index in [4.69, 9.17) is 10.00 Å². The third kappa shape index (κ3) is 6.04. The number of benzene rings is 2. The highest BCUT2D eigenvalue weighted by molar-refractivity contribution is 5.67. The van der Waals surface area contributed by atoms with E-state index in [1.165, 1.54) is 23.1 Å². The zero-order valence-corrected chi connectivity index (χ0v) is 19.8. The summed E-state index contributed by atoms with van der Waals surface area (Å²) in [4.78, 5) is 24.0. The van der Waals surface area contributed by atoms with Crippen molar-refractivity contribution >= 4 is 6.09 Å². The first-order chi connectivity index (χ1) is 17.2. The van der Waals surface area contributed by atoms with Crippen LogP contribution in [0.5, 0.6) is 0 Å². The van der Waals surface area contributed by atoms with Crippen molar-refractivity contribution in [3.05, 3.63) is 88.5 Å². The van der Waals surface area contributed by atoms with Crippen LogP contribution in [-0.4, -0.2) is 52.0 Å². The van der Waals surface area contributed by atoms with Gasteiger partial charge in [0.1, 0.15) is 12.4 Å². The molecule has 10 heteroatoms. The van der Waals surface area contributed by atoms with Crippen LogP contribution in [0.4, 0.5) is 18.0 Å². The molecular weight excluding hydrogens is 471 g/mol. The first kappa shape index (κ1) is 25.3. The number of hydrogen-bond donors (Lipinski definition) is 1. The molecule has 0 spiro atoms. The number of H-pyrrole nitrogens is 1. The third-order valence-electron chi connectivity index (χ3n) is 6.28. The standard InChI is InChI=1S/C26H26F3N5O2/c1-18-31-16-23(32-18)24(14-19-6-8-20(15-30)9-7-19)33-10-12-34(13-11-33)25(35)36-17-21-4-2-3-5-22(21)26(27,28)29/h2-9,16,24H,10-14,17H2,1H3,(H,31,32). The van der Waals surface area contributed by atoms with Crippen LogP contribution in [0.25, 0.3) is 0 Å². The molecule has 0 saturated carbocycles. The summed E-state index contributed by atoms with van der Waals surface area (Å²) in [5.74, 6) is 0.802. The van der Waals surface area contributed by atoms with Gasteiger partial charge in [0, 0.05) is 37.9 Å². The molecule has 36 heavy (non-hydrogen) atoms. The molecule has 3 aromatic rings. The van der Waals surface area contributed by atoms with Crippen molar-refractivity contribution in [2.45, 2.75) is 32.2 Å². The number of aromatic nitrogens is 2. The predicted octanol–water partition coefficient (Wildman–Crippen LogP) is 4.85. The minimum atomic E-state index is -4.51. The summed E-state index contributed by atoms with van der Waals surface area (Å²) in [5, 5.41) is 9.05. The summed E-state index contributed by atoms with van der Waals surface area (Å²) in [7, 11) is 0. The van der Waals surface area contributed by atoms with E-state index in [-0.39, 0.29) is 11.6 Å². The first-order valence-electron chi connectivity index (χ1n) is 11.6. The smallest absolute Gasteiger partial charge is 0.416 e.